The van der Waals surface area contributed by atoms with Crippen molar-refractivity contribution in [3.63, 3.8) is 0 Å². The smallest absolute Gasteiger partial charge is 0.410 e. The van der Waals surface area contributed by atoms with Crippen molar-refractivity contribution < 1.29 is 23.9 Å². The Morgan fingerprint density at radius 1 is 0.683 bits per heavy atom. The first-order valence-electron chi connectivity index (χ1n) is 19.9. The van der Waals surface area contributed by atoms with Crippen LogP contribution in [0.1, 0.15) is 100 Å². The van der Waals surface area contributed by atoms with Gasteiger partial charge in [-0.25, -0.2) is 9.59 Å². The van der Waals surface area contributed by atoms with Gasteiger partial charge in [-0.1, -0.05) is 35.6 Å². The van der Waals surface area contributed by atoms with Crippen molar-refractivity contribution >= 4 is 18.5 Å². The summed E-state index contributed by atoms with van der Waals surface area (Å²) in [6.07, 6.45) is 9.62. The lowest BCUT2D eigenvalue weighted by Crippen LogP contribution is -2.35. The highest BCUT2D eigenvalue weighted by atomic mass is 16.6. The molecule has 0 spiro atoms. The summed E-state index contributed by atoms with van der Waals surface area (Å²) in [6.45, 7) is 21.5. The molecule has 4 aromatic rings. The van der Waals surface area contributed by atoms with E-state index < -0.39 is 11.2 Å². The number of nitriles is 1. The van der Waals surface area contributed by atoms with E-state index in [2.05, 4.69) is 62.5 Å². The van der Waals surface area contributed by atoms with E-state index in [9.17, 15) is 14.4 Å². The van der Waals surface area contributed by atoms with Crippen LogP contribution < -0.4 is 0 Å². The molecular formula is C45H66N10O5. The fourth-order valence-electron chi connectivity index (χ4n) is 7.34. The van der Waals surface area contributed by atoms with E-state index in [1.165, 1.54) is 0 Å². The fraction of sp³-hybridized carbons (Fsp3) is 0.556. The Balaban J connectivity index is 0.000000243. The zero-order valence-electron chi connectivity index (χ0n) is 35.2. The van der Waals surface area contributed by atoms with Crippen molar-refractivity contribution in [2.24, 2.45) is 23.7 Å². The number of aldehydes is 1. The van der Waals surface area contributed by atoms with Crippen LogP contribution in [0.4, 0.5) is 9.59 Å². The molecule has 0 saturated carbocycles. The monoisotopic (exact) mass is 827 g/mol. The highest BCUT2D eigenvalue weighted by Gasteiger charge is 2.37. The number of ether oxygens (including phenoxy) is 2. The van der Waals surface area contributed by atoms with Gasteiger partial charge in [0.15, 0.2) is 6.19 Å². The maximum atomic E-state index is 12.3. The predicted molar refractivity (Wildman–Crippen MR) is 232 cm³/mol. The summed E-state index contributed by atoms with van der Waals surface area (Å²) >= 11 is 0. The van der Waals surface area contributed by atoms with Gasteiger partial charge in [0.1, 0.15) is 17.5 Å². The Morgan fingerprint density at radius 2 is 1.10 bits per heavy atom. The molecule has 7 rings (SSSR count). The average Bonchev–Trinajstić information content (AvgIpc) is 4.02. The molecule has 0 unspecified atom stereocenters. The van der Waals surface area contributed by atoms with Gasteiger partial charge in [0.2, 0.25) is 0 Å². The fourth-order valence-corrected chi connectivity index (χ4v) is 7.34. The number of H-pyrrole nitrogens is 2. The minimum absolute atomic E-state index is 0. The van der Waals surface area contributed by atoms with Gasteiger partial charge < -0.3 is 29.0 Å². The van der Waals surface area contributed by atoms with Gasteiger partial charge in [0, 0.05) is 104 Å². The zero-order valence-corrected chi connectivity index (χ0v) is 35.2. The highest BCUT2D eigenvalue weighted by Crippen LogP contribution is 2.34. The van der Waals surface area contributed by atoms with Crippen molar-refractivity contribution in [1.82, 2.24) is 45.1 Å². The van der Waals surface area contributed by atoms with Crippen LogP contribution in [0.3, 0.4) is 0 Å². The summed E-state index contributed by atoms with van der Waals surface area (Å²) in [7, 11) is 0. The number of nitrogens with one attached hydrogen (secondary N) is 2. The number of hydrogen-bond donors (Lipinski definition) is 2. The van der Waals surface area contributed by atoms with Crippen molar-refractivity contribution in [3.05, 3.63) is 72.6 Å². The maximum Gasteiger partial charge on any atom is 0.410 e. The number of nitrogens with zero attached hydrogens (tertiary/aromatic N) is 8. The van der Waals surface area contributed by atoms with E-state index in [0.717, 1.165) is 53.3 Å². The van der Waals surface area contributed by atoms with E-state index in [1.54, 1.807) is 34.6 Å². The molecule has 60 heavy (non-hydrogen) atoms. The predicted octanol–water partition coefficient (Wildman–Crippen LogP) is 8.39. The van der Waals surface area contributed by atoms with E-state index in [4.69, 9.17) is 14.7 Å². The Morgan fingerprint density at radius 3 is 1.50 bits per heavy atom. The van der Waals surface area contributed by atoms with Crippen LogP contribution >= 0.6 is 0 Å². The standard InChI is InChI=1S/C18H24N4O2.C14H15N5.C11H19NO3.2CH4/c1-12-10-22(17(23)24-18(2,3)4)11-14(12)16-9-15(20-21-16)13-5-7-19-8-6-13;1-10-7-19(9-15)8-12(10)14-6-13(17-18-14)11-2-4-16-5-3-11;1-8-5-12(6-9(8)7-13)10(14)15-11(2,3)4;;/h5-9,12,14H,10-11H2,1-4H3,(H,20,21);2-6,10,12H,7-8H2,1H3,(H,17,18);7-9H,5-6H2,1-4H3;2*1H4/t12-,14-;10-,12-;8-,9+;;/m111../s1. The molecule has 2 amide bonds. The number of amides is 2. The van der Waals surface area contributed by atoms with Gasteiger partial charge in [-0.3, -0.25) is 20.2 Å². The Kier molecular flexibility index (Phi) is 17.0. The molecular weight excluding hydrogens is 761 g/mol. The Bertz CT molecular complexity index is 2000. The second-order valence-electron chi connectivity index (χ2n) is 17.6. The molecule has 3 fully saturated rings. The minimum Gasteiger partial charge on any atom is -0.444 e. The van der Waals surface area contributed by atoms with Gasteiger partial charge in [-0.15, -0.1) is 0 Å². The summed E-state index contributed by atoms with van der Waals surface area (Å²) in [6, 6.07) is 11.9. The topological polar surface area (TPSA) is 186 Å². The number of carbonyl (C=O) groups excluding carboxylic acids is 3. The lowest BCUT2D eigenvalue weighted by atomic mass is 9.94. The molecule has 2 N–H and O–H groups in total. The molecule has 6 atom stereocenters. The lowest BCUT2D eigenvalue weighted by Gasteiger charge is -2.24. The van der Waals surface area contributed by atoms with Crippen LogP contribution in [-0.2, 0) is 14.3 Å². The van der Waals surface area contributed by atoms with Crippen LogP contribution in [-0.4, -0.2) is 114 Å². The molecule has 0 aliphatic carbocycles. The molecule has 0 radical (unpaired) electrons. The summed E-state index contributed by atoms with van der Waals surface area (Å²) in [5, 5.41) is 24.0. The first kappa shape index (κ1) is 48.6. The minimum atomic E-state index is -0.473. The molecule has 15 heteroatoms. The van der Waals surface area contributed by atoms with Crippen LogP contribution in [0.25, 0.3) is 22.5 Å². The van der Waals surface area contributed by atoms with Gasteiger partial charge in [-0.2, -0.15) is 15.5 Å². The van der Waals surface area contributed by atoms with E-state index in [0.29, 0.717) is 43.9 Å². The number of aromatic nitrogens is 6. The Hall–Kier alpha value is -5.78. The zero-order chi connectivity index (χ0) is 42.2. The van der Waals surface area contributed by atoms with Gasteiger partial charge in [0.05, 0.1) is 11.4 Å². The molecule has 3 saturated heterocycles. The quantitative estimate of drug-likeness (QED) is 0.145. The van der Waals surface area contributed by atoms with E-state index in [1.807, 2.05) is 77.6 Å². The normalized spacial score (nSPS) is 22.2. The second kappa shape index (κ2) is 21.0. The SMILES string of the molecule is C.C.C[C@@H]1CN(C#N)C[C@H]1c1cc(-c2ccncc2)n[nH]1.C[C@@H]1CN(C(=O)OC(C)(C)C)C[C@H]1C=O.C[C@@H]1CN(C(=O)OC(C)(C)C)C[C@H]1c1cc(-c2ccncc2)n[nH]1. The molecule has 3 aliphatic rings. The maximum absolute atomic E-state index is 12.3. The van der Waals surface area contributed by atoms with Gasteiger partial charge in [0.25, 0.3) is 0 Å². The van der Waals surface area contributed by atoms with Crippen molar-refractivity contribution in [3.8, 4) is 28.7 Å². The summed E-state index contributed by atoms with van der Waals surface area (Å²) < 4.78 is 10.7. The van der Waals surface area contributed by atoms with Crippen LogP contribution in [0, 0.1) is 35.1 Å². The van der Waals surface area contributed by atoms with Crippen LogP contribution in [0.5, 0.6) is 0 Å². The summed E-state index contributed by atoms with van der Waals surface area (Å²) in [5.41, 5.74) is 5.13. The van der Waals surface area contributed by atoms with Crippen molar-refractivity contribution in [1.29, 1.82) is 5.26 Å². The summed E-state index contributed by atoms with van der Waals surface area (Å²) in [5.74, 6) is 1.59. The first-order valence-corrected chi connectivity index (χ1v) is 19.9. The van der Waals surface area contributed by atoms with E-state index >= 15 is 0 Å². The first-order chi connectivity index (χ1) is 27.4. The number of carbonyl (C=O) groups is 3. The highest BCUT2D eigenvalue weighted by molar-refractivity contribution is 5.70. The van der Waals surface area contributed by atoms with E-state index in [-0.39, 0.29) is 44.8 Å². The molecule has 15 nitrogen and oxygen atoms in total. The van der Waals surface area contributed by atoms with Crippen LogP contribution in [0.2, 0.25) is 0 Å². The third-order valence-corrected chi connectivity index (χ3v) is 10.5. The van der Waals surface area contributed by atoms with Gasteiger partial charge >= 0.3 is 12.2 Å². The number of aromatic amines is 2. The molecule has 0 aromatic carbocycles. The summed E-state index contributed by atoms with van der Waals surface area (Å²) in [4.78, 5) is 47.9. The number of likely N-dealkylation sites (tertiary alicyclic amines) is 3. The van der Waals surface area contributed by atoms with Crippen molar-refractivity contribution in [2.75, 3.05) is 39.3 Å². The third-order valence-electron chi connectivity index (χ3n) is 10.5. The number of hydrogen-bond acceptors (Lipinski definition) is 11. The molecule has 0 bridgehead atoms. The lowest BCUT2D eigenvalue weighted by molar-refractivity contribution is -0.111. The largest absolute Gasteiger partial charge is 0.444 e. The second-order valence-corrected chi connectivity index (χ2v) is 17.6. The van der Waals surface area contributed by atoms with Crippen molar-refractivity contribution in [2.45, 2.75) is 100 Å². The Labute approximate surface area is 356 Å². The average molecular weight is 827 g/mol. The van der Waals surface area contributed by atoms with Crippen LogP contribution in [0.15, 0.2) is 61.2 Å². The molecule has 7 heterocycles. The molecule has 326 valence electrons. The third kappa shape index (κ3) is 13.1. The molecule has 3 aliphatic heterocycles. The number of pyridine rings is 2. The number of rotatable bonds is 5. The van der Waals surface area contributed by atoms with Gasteiger partial charge in [-0.05, 0) is 95.7 Å². The molecule has 4 aromatic heterocycles.